The number of hydrogen-bond acceptors (Lipinski definition) is 6. The second-order valence-corrected chi connectivity index (χ2v) is 9.51. The third kappa shape index (κ3) is 5.03. The Morgan fingerprint density at radius 1 is 1.15 bits per heavy atom. The lowest BCUT2D eigenvalue weighted by Crippen LogP contribution is -2.41. The van der Waals surface area contributed by atoms with Crippen molar-refractivity contribution in [1.82, 2.24) is 20.0 Å². The second-order valence-electron chi connectivity index (χ2n) is 9.51. The average molecular weight is 463 g/mol. The van der Waals surface area contributed by atoms with E-state index in [9.17, 15) is 9.90 Å². The fourth-order valence-electron chi connectivity index (χ4n) is 5.14. The van der Waals surface area contributed by atoms with Gasteiger partial charge in [0.15, 0.2) is 5.82 Å². The van der Waals surface area contributed by atoms with Crippen LogP contribution in [-0.4, -0.2) is 75.9 Å². The molecule has 0 radical (unpaired) electrons. The third-order valence-corrected chi connectivity index (χ3v) is 7.08. The van der Waals surface area contributed by atoms with Crippen LogP contribution in [0.3, 0.4) is 0 Å². The summed E-state index contributed by atoms with van der Waals surface area (Å²) in [7, 11) is 0. The molecule has 180 valence electrons. The van der Waals surface area contributed by atoms with E-state index in [0.29, 0.717) is 19.1 Å². The SMILES string of the molecule is CC(=O)N1CCC(Nc2cccc3c(NC[C@H](O)CN4CCc5ccccc5C4)n[nH]c23)CC1. The van der Waals surface area contributed by atoms with Crippen LogP contribution in [0.4, 0.5) is 11.5 Å². The number of aliphatic hydroxyl groups is 1. The number of H-pyrrole nitrogens is 1. The monoisotopic (exact) mass is 462 g/mol. The van der Waals surface area contributed by atoms with Gasteiger partial charge in [-0.15, -0.1) is 0 Å². The molecule has 0 spiro atoms. The van der Waals surface area contributed by atoms with Crippen molar-refractivity contribution < 1.29 is 9.90 Å². The molecule has 4 N–H and O–H groups in total. The minimum atomic E-state index is -0.482. The van der Waals surface area contributed by atoms with Gasteiger partial charge in [0.1, 0.15) is 0 Å². The maximum Gasteiger partial charge on any atom is 0.219 e. The number of aromatic nitrogens is 2. The van der Waals surface area contributed by atoms with Crippen LogP contribution in [-0.2, 0) is 17.8 Å². The van der Waals surface area contributed by atoms with Gasteiger partial charge in [-0.3, -0.25) is 14.8 Å². The Kier molecular flexibility index (Phi) is 6.69. The van der Waals surface area contributed by atoms with Crippen molar-refractivity contribution in [2.24, 2.45) is 0 Å². The molecule has 2 aromatic carbocycles. The first-order valence-corrected chi connectivity index (χ1v) is 12.3. The molecule has 3 aromatic rings. The number of para-hydroxylation sites is 1. The number of fused-ring (bicyclic) bond motifs is 2. The Bertz CT molecular complexity index is 1140. The first-order valence-electron chi connectivity index (χ1n) is 12.3. The van der Waals surface area contributed by atoms with Gasteiger partial charge in [-0.05, 0) is 42.5 Å². The van der Waals surface area contributed by atoms with Crippen molar-refractivity contribution in [2.45, 2.75) is 44.9 Å². The zero-order chi connectivity index (χ0) is 23.5. The number of carbonyl (C=O) groups is 1. The van der Waals surface area contributed by atoms with Crippen molar-refractivity contribution >= 4 is 28.3 Å². The predicted molar refractivity (Wildman–Crippen MR) is 135 cm³/mol. The summed E-state index contributed by atoms with van der Waals surface area (Å²) < 4.78 is 0. The van der Waals surface area contributed by atoms with Gasteiger partial charge in [-0.25, -0.2) is 0 Å². The number of piperidine rings is 1. The number of likely N-dealkylation sites (tertiary alicyclic amines) is 1. The molecule has 5 rings (SSSR count). The van der Waals surface area contributed by atoms with Gasteiger partial charge >= 0.3 is 0 Å². The number of aromatic amines is 1. The molecule has 1 saturated heterocycles. The van der Waals surface area contributed by atoms with Crippen LogP contribution >= 0.6 is 0 Å². The van der Waals surface area contributed by atoms with Gasteiger partial charge in [-0.1, -0.05) is 30.3 Å². The molecule has 2 aliphatic rings. The maximum atomic E-state index is 11.6. The van der Waals surface area contributed by atoms with Crippen LogP contribution in [0.15, 0.2) is 42.5 Å². The van der Waals surface area contributed by atoms with Gasteiger partial charge in [0.05, 0.1) is 17.3 Å². The highest BCUT2D eigenvalue weighted by molar-refractivity contribution is 5.97. The molecule has 0 aliphatic carbocycles. The Balaban J connectivity index is 1.16. The Hall–Kier alpha value is -3.10. The van der Waals surface area contributed by atoms with Crippen molar-refractivity contribution in [3.05, 3.63) is 53.6 Å². The zero-order valence-electron chi connectivity index (χ0n) is 19.8. The Morgan fingerprint density at radius 3 is 2.74 bits per heavy atom. The standard InChI is InChI=1S/C26H34N6O2/c1-18(33)32-13-10-21(11-14-32)28-24-8-4-7-23-25(24)29-30-26(23)27-15-22(34)17-31-12-9-19-5-2-3-6-20(19)16-31/h2-8,21-22,28,34H,9-17H2,1H3,(H2,27,29,30)/t22-/m0/s1. The number of β-amino-alcohol motifs (C(OH)–C–C–N with tert-alkyl or cyclic N) is 1. The summed E-state index contributed by atoms with van der Waals surface area (Å²) in [5, 5.41) is 26.3. The smallest absolute Gasteiger partial charge is 0.219 e. The molecular weight excluding hydrogens is 428 g/mol. The van der Waals surface area contributed by atoms with Gasteiger partial charge in [0, 0.05) is 57.6 Å². The lowest BCUT2D eigenvalue weighted by Gasteiger charge is -2.32. The summed E-state index contributed by atoms with van der Waals surface area (Å²) in [5.74, 6) is 0.908. The molecule has 8 nitrogen and oxygen atoms in total. The molecule has 1 fully saturated rings. The summed E-state index contributed by atoms with van der Waals surface area (Å²) in [6.45, 7) is 6.15. The lowest BCUT2D eigenvalue weighted by atomic mass is 10.00. The number of benzene rings is 2. The molecule has 1 amide bonds. The molecule has 3 heterocycles. The topological polar surface area (TPSA) is 96.5 Å². The first-order chi connectivity index (χ1) is 16.6. The molecule has 0 saturated carbocycles. The maximum absolute atomic E-state index is 11.6. The highest BCUT2D eigenvalue weighted by atomic mass is 16.3. The van der Waals surface area contributed by atoms with E-state index in [0.717, 1.165) is 67.8 Å². The summed E-state index contributed by atoms with van der Waals surface area (Å²) in [5.41, 5.74) is 4.76. The highest BCUT2D eigenvalue weighted by Gasteiger charge is 2.22. The van der Waals surface area contributed by atoms with E-state index in [2.05, 4.69) is 56.1 Å². The molecule has 1 atom stereocenters. The van der Waals surface area contributed by atoms with E-state index < -0.39 is 6.10 Å². The minimum Gasteiger partial charge on any atom is -0.390 e. The van der Waals surface area contributed by atoms with E-state index in [-0.39, 0.29) is 5.91 Å². The quantitative estimate of drug-likeness (QED) is 0.431. The first kappa shape index (κ1) is 22.7. The lowest BCUT2D eigenvalue weighted by molar-refractivity contribution is -0.129. The van der Waals surface area contributed by atoms with Crippen molar-refractivity contribution in [1.29, 1.82) is 0 Å². The summed E-state index contributed by atoms with van der Waals surface area (Å²) in [6.07, 6.45) is 2.42. The van der Waals surface area contributed by atoms with Crippen LogP contribution in [0.5, 0.6) is 0 Å². The van der Waals surface area contributed by atoms with Crippen LogP contribution in [0.1, 0.15) is 30.9 Å². The van der Waals surface area contributed by atoms with E-state index in [1.807, 2.05) is 17.0 Å². The van der Waals surface area contributed by atoms with E-state index in [1.165, 1.54) is 11.1 Å². The molecule has 34 heavy (non-hydrogen) atoms. The number of nitrogens with one attached hydrogen (secondary N) is 3. The summed E-state index contributed by atoms with van der Waals surface area (Å²) >= 11 is 0. The number of hydrogen-bond donors (Lipinski definition) is 4. The molecule has 0 unspecified atom stereocenters. The van der Waals surface area contributed by atoms with E-state index >= 15 is 0 Å². The largest absolute Gasteiger partial charge is 0.390 e. The molecule has 0 bridgehead atoms. The molecule has 8 heteroatoms. The van der Waals surface area contributed by atoms with Crippen molar-refractivity contribution in [3.8, 4) is 0 Å². The number of nitrogens with zero attached hydrogens (tertiary/aromatic N) is 3. The van der Waals surface area contributed by atoms with E-state index in [4.69, 9.17) is 0 Å². The van der Waals surface area contributed by atoms with Gasteiger partial charge in [0.2, 0.25) is 5.91 Å². The van der Waals surface area contributed by atoms with Gasteiger partial charge in [-0.2, -0.15) is 5.10 Å². The fourth-order valence-corrected chi connectivity index (χ4v) is 5.14. The number of aliphatic hydroxyl groups excluding tert-OH is 1. The van der Waals surface area contributed by atoms with Crippen molar-refractivity contribution in [2.75, 3.05) is 43.4 Å². The summed E-state index contributed by atoms with van der Waals surface area (Å²) in [6, 6.07) is 15.0. The Morgan fingerprint density at radius 2 is 1.94 bits per heavy atom. The van der Waals surface area contributed by atoms with Crippen molar-refractivity contribution in [3.63, 3.8) is 0 Å². The third-order valence-electron chi connectivity index (χ3n) is 7.08. The number of anilines is 2. The minimum absolute atomic E-state index is 0.150. The Labute approximate surface area is 200 Å². The van der Waals surface area contributed by atoms with Crippen LogP contribution in [0.25, 0.3) is 10.9 Å². The number of amides is 1. The van der Waals surface area contributed by atoms with E-state index in [1.54, 1.807) is 6.92 Å². The average Bonchev–Trinajstić information content (AvgIpc) is 3.27. The molecule has 2 aliphatic heterocycles. The number of carbonyl (C=O) groups excluding carboxylic acids is 1. The highest BCUT2D eigenvalue weighted by Crippen LogP contribution is 2.28. The molecular formula is C26H34N6O2. The predicted octanol–water partition coefficient (Wildman–Crippen LogP) is 2.82. The van der Waals surface area contributed by atoms with Crippen LogP contribution in [0, 0.1) is 0 Å². The number of rotatable bonds is 7. The molecule has 1 aromatic heterocycles. The van der Waals surface area contributed by atoms with Crippen LogP contribution in [0.2, 0.25) is 0 Å². The zero-order valence-corrected chi connectivity index (χ0v) is 19.8. The normalized spacial score (nSPS) is 18.0. The summed E-state index contributed by atoms with van der Waals surface area (Å²) in [4.78, 5) is 15.8. The second kappa shape index (κ2) is 10.0. The fraction of sp³-hybridized carbons (Fsp3) is 0.462. The van der Waals surface area contributed by atoms with Crippen LogP contribution < -0.4 is 10.6 Å². The van der Waals surface area contributed by atoms with Gasteiger partial charge in [0.25, 0.3) is 0 Å². The van der Waals surface area contributed by atoms with Gasteiger partial charge < -0.3 is 20.6 Å².